The Balaban J connectivity index is 2.26. The molecule has 22 heavy (non-hydrogen) atoms. The van der Waals surface area contributed by atoms with Crippen molar-refractivity contribution in [2.24, 2.45) is 0 Å². The Kier molecular flexibility index (Phi) is 4.56. The van der Waals surface area contributed by atoms with Gasteiger partial charge in [-0.3, -0.25) is 10.1 Å². The van der Waals surface area contributed by atoms with E-state index in [-0.39, 0.29) is 10.5 Å². The summed E-state index contributed by atoms with van der Waals surface area (Å²) in [4.78, 5) is 10.1. The predicted molar refractivity (Wildman–Crippen MR) is 79.3 cm³/mol. The highest BCUT2D eigenvalue weighted by Gasteiger charge is 2.46. The monoisotopic (exact) mass is 323 g/mol. The molecule has 1 unspecified atom stereocenters. The van der Waals surface area contributed by atoms with Crippen molar-refractivity contribution < 1.29 is 17.7 Å². The van der Waals surface area contributed by atoms with Crippen LogP contribution < -0.4 is 0 Å². The summed E-state index contributed by atoms with van der Waals surface area (Å²) >= 11 is 0. The van der Waals surface area contributed by atoms with Crippen LogP contribution in [0.3, 0.4) is 0 Å². The topological polar surface area (TPSA) is 77.3 Å². The van der Waals surface area contributed by atoms with Crippen LogP contribution in [0.2, 0.25) is 0 Å². The van der Waals surface area contributed by atoms with Crippen LogP contribution in [0.15, 0.2) is 65.6 Å². The van der Waals surface area contributed by atoms with E-state index >= 15 is 0 Å². The van der Waals surface area contributed by atoms with Gasteiger partial charge in [-0.15, -0.1) is 0 Å². The van der Waals surface area contributed by atoms with Crippen molar-refractivity contribution in [3.05, 3.63) is 76.3 Å². The minimum atomic E-state index is -3.78. The first-order chi connectivity index (χ1) is 10.4. The summed E-state index contributed by atoms with van der Waals surface area (Å²) in [6.45, 7) is 0. The van der Waals surface area contributed by atoms with E-state index in [9.17, 15) is 22.9 Å². The van der Waals surface area contributed by atoms with Crippen LogP contribution in [0.25, 0.3) is 0 Å². The fraction of sp³-hybridized carbons (Fsp3) is 0.200. The number of nitro groups is 1. The Morgan fingerprint density at radius 1 is 1.00 bits per heavy atom. The molecule has 0 amide bonds. The molecule has 2 aromatic rings. The standard InChI is InChI=1S/C15H14FNO4S/c16-15(17(18)19,13-7-3-1-4-8-13)11-12-22(20,21)14-9-5-2-6-10-14/h1-10H,11-12H2. The average Bonchev–Trinajstić information content (AvgIpc) is 2.54. The van der Waals surface area contributed by atoms with Gasteiger partial charge >= 0.3 is 5.79 Å². The number of halogens is 1. The van der Waals surface area contributed by atoms with Crippen LogP contribution in [-0.2, 0) is 15.6 Å². The molecule has 0 saturated heterocycles. The van der Waals surface area contributed by atoms with Crippen molar-refractivity contribution in [1.29, 1.82) is 0 Å². The van der Waals surface area contributed by atoms with Crippen LogP contribution >= 0.6 is 0 Å². The van der Waals surface area contributed by atoms with Crippen molar-refractivity contribution in [2.45, 2.75) is 17.1 Å². The molecule has 5 nitrogen and oxygen atoms in total. The second-order valence-electron chi connectivity index (χ2n) is 4.76. The third-order valence-electron chi connectivity index (χ3n) is 3.31. The normalized spacial score (nSPS) is 14.2. The molecule has 0 bridgehead atoms. The molecule has 0 fully saturated rings. The summed E-state index contributed by atoms with van der Waals surface area (Å²) < 4.78 is 39.0. The van der Waals surface area contributed by atoms with Crippen LogP contribution in [0.5, 0.6) is 0 Å². The van der Waals surface area contributed by atoms with Gasteiger partial charge in [0.05, 0.1) is 27.6 Å². The first-order valence-corrected chi connectivity index (χ1v) is 8.18. The number of hydrogen-bond acceptors (Lipinski definition) is 4. The van der Waals surface area contributed by atoms with E-state index < -0.39 is 32.7 Å². The van der Waals surface area contributed by atoms with E-state index in [1.807, 2.05) is 0 Å². The molecule has 7 heteroatoms. The smallest absolute Gasteiger partial charge is 0.261 e. The van der Waals surface area contributed by atoms with E-state index in [0.29, 0.717) is 0 Å². The summed E-state index contributed by atoms with van der Waals surface area (Å²) in [6.07, 6.45) is -0.749. The van der Waals surface area contributed by atoms with Gasteiger partial charge in [-0.2, -0.15) is 4.39 Å². The Hall–Kier alpha value is -2.28. The third kappa shape index (κ3) is 3.30. The summed E-state index contributed by atoms with van der Waals surface area (Å²) in [5.74, 6) is -3.58. The summed E-state index contributed by atoms with van der Waals surface area (Å²) in [5.41, 5.74) is -0.164. The molecule has 0 aliphatic carbocycles. The predicted octanol–water partition coefficient (Wildman–Crippen LogP) is 2.95. The van der Waals surface area contributed by atoms with Gasteiger partial charge in [0.1, 0.15) is 0 Å². The van der Waals surface area contributed by atoms with E-state index in [1.54, 1.807) is 24.3 Å². The number of rotatable bonds is 6. The van der Waals surface area contributed by atoms with Crippen LogP contribution in [-0.4, -0.2) is 19.1 Å². The van der Waals surface area contributed by atoms with Crippen molar-refractivity contribution in [1.82, 2.24) is 0 Å². The zero-order valence-corrected chi connectivity index (χ0v) is 12.4. The number of benzene rings is 2. The Morgan fingerprint density at radius 2 is 1.50 bits per heavy atom. The van der Waals surface area contributed by atoms with Crippen molar-refractivity contribution in [3.8, 4) is 0 Å². The average molecular weight is 323 g/mol. The SMILES string of the molecule is O=[N+]([O-])C(F)(CCS(=O)(=O)c1ccccc1)c1ccccc1. The quantitative estimate of drug-likeness (QED) is 0.465. The minimum absolute atomic E-state index is 0.0220. The highest BCUT2D eigenvalue weighted by molar-refractivity contribution is 7.91. The lowest BCUT2D eigenvalue weighted by molar-refractivity contribution is -0.617. The maximum atomic E-state index is 14.7. The van der Waals surface area contributed by atoms with Crippen LogP contribution in [0.1, 0.15) is 12.0 Å². The molecule has 0 spiro atoms. The Morgan fingerprint density at radius 3 is 2.00 bits per heavy atom. The molecule has 0 aromatic heterocycles. The van der Waals surface area contributed by atoms with E-state index in [0.717, 1.165) is 0 Å². The van der Waals surface area contributed by atoms with Gasteiger partial charge in [0, 0.05) is 0 Å². The minimum Gasteiger partial charge on any atom is -0.261 e. The van der Waals surface area contributed by atoms with Gasteiger partial charge in [0.15, 0.2) is 9.84 Å². The lowest BCUT2D eigenvalue weighted by atomic mass is 10.0. The zero-order chi connectivity index (χ0) is 16.2. The number of nitrogens with zero attached hydrogens (tertiary/aromatic N) is 1. The van der Waals surface area contributed by atoms with Gasteiger partial charge in [-0.05, 0) is 24.3 Å². The Labute approximate surface area is 127 Å². The highest BCUT2D eigenvalue weighted by atomic mass is 32.2. The fourth-order valence-electron chi connectivity index (χ4n) is 2.05. The van der Waals surface area contributed by atoms with E-state index in [2.05, 4.69) is 0 Å². The second kappa shape index (κ2) is 6.23. The third-order valence-corrected chi connectivity index (χ3v) is 5.04. The highest BCUT2D eigenvalue weighted by Crippen LogP contribution is 2.31. The summed E-state index contributed by atoms with van der Waals surface area (Å²) in [7, 11) is -3.78. The van der Waals surface area contributed by atoms with Gasteiger partial charge in [0.2, 0.25) is 0 Å². The number of sulfone groups is 1. The zero-order valence-electron chi connectivity index (χ0n) is 11.6. The maximum absolute atomic E-state index is 14.7. The van der Waals surface area contributed by atoms with E-state index in [1.165, 1.54) is 36.4 Å². The summed E-state index contributed by atoms with van der Waals surface area (Å²) in [6, 6.07) is 14.6. The Bertz CT molecular complexity index is 750. The molecule has 1 atom stereocenters. The molecule has 0 N–H and O–H groups in total. The maximum Gasteiger partial charge on any atom is 0.385 e. The molecular weight excluding hydrogens is 309 g/mol. The molecule has 116 valence electrons. The fourth-order valence-corrected chi connectivity index (χ4v) is 3.40. The van der Waals surface area contributed by atoms with Crippen molar-refractivity contribution in [2.75, 3.05) is 5.75 Å². The molecule has 0 saturated carbocycles. The molecule has 0 aliphatic heterocycles. The lowest BCUT2D eigenvalue weighted by Crippen LogP contribution is -2.32. The number of alkyl halides is 1. The molecule has 2 rings (SSSR count). The van der Waals surface area contributed by atoms with Crippen molar-refractivity contribution >= 4 is 9.84 Å². The molecule has 0 heterocycles. The van der Waals surface area contributed by atoms with Gasteiger partial charge in [-0.25, -0.2) is 8.42 Å². The van der Waals surface area contributed by atoms with Crippen molar-refractivity contribution in [3.63, 3.8) is 0 Å². The molecule has 0 aliphatic rings. The summed E-state index contributed by atoms with van der Waals surface area (Å²) in [5, 5.41) is 11.1. The van der Waals surface area contributed by atoms with Crippen LogP contribution in [0, 0.1) is 10.1 Å². The van der Waals surface area contributed by atoms with Gasteiger partial charge < -0.3 is 0 Å². The lowest BCUT2D eigenvalue weighted by Gasteiger charge is -2.17. The van der Waals surface area contributed by atoms with E-state index in [4.69, 9.17) is 0 Å². The number of hydrogen-bond donors (Lipinski definition) is 0. The molecule has 0 radical (unpaired) electrons. The molecular formula is C15H14FNO4S. The van der Waals surface area contributed by atoms with Gasteiger partial charge in [-0.1, -0.05) is 36.4 Å². The molecule has 2 aromatic carbocycles. The van der Waals surface area contributed by atoms with Gasteiger partial charge in [0.25, 0.3) is 0 Å². The first-order valence-electron chi connectivity index (χ1n) is 6.53. The second-order valence-corrected chi connectivity index (χ2v) is 6.87. The first kappa shape index (κ1) is 16.1. The largest absolute Gasteiger partial charge is 0.385 e. The van der Waals surface area contributed by atoms with Crippen LogP contribution in [0.4, 0.5) is 4.39 Å².